The number of rotatable bonds is 8. The molecule has 3 aromatic rings. The number of aryl methyl sites for hydroxylation is 2. The second kappa shape index (κ2) is 8.95. The van der Waals surface area contributed by atoms with Crippen molar-refractivity contribution in [3.63, 3.8) is 0 Å². The van der Waals surface area contributed by atoms with E-state index in [1.807, 2.05) is 36.1 Å². The number of hydrogen-bond acceptors (Lipinski definition) is 5. The van der Waals surface area contributed by atoms with E-state index >= 15 is 0 Å². The maximum Gasteiger partial charge on any atom is 0.276 e. The molecular formula is C22H26N4O3S. The number of nitrogens with one attached hydrogen (secondary N) is 1. The van der Waals surface area contributed by atoms with Gasteiger partial charge in [-0.1, -0.05) is 18.2 Å². The van der Waals surface area contributed by atoms with E-state index < -0.39 is 0 Å². The molecule has 4 rings (SSSR count). The minimum atomic E-state index is -0.0938. The van der Waals surface area contributed by atoms with Crippen LogP contribution in [-0.2, 0) is 16.1 Å². The first-order valence-corrected chi connectivity index (χ1v) is 11.3. The third-order valence-corrected chi connectivity index (χ3v) is 6.79. The first-order chi connectivity index (χ1) is 14.5. The second-order valence-electron chi connectivity index (χ2n) is 7.71. The van der Waals surface area contributed by atoms with Crippen molar-refractivity contribution in [2.75, 3.05) is 19.6 Å². The van der Waals surface area contributed by atoms with E-state index in [9.17, 15) is 14.4 Å². The molecule has 158 valence electrons. The van der Waals surface area contributed by atoms with Gasteiger partial charge in [-0.25, -0.2) is 4.68 Å². The standard InChI is InChI=1S/C22H26N4O3S/c1-15-21-20(16-7-2-3-8-17(16)30-21)22(29)26(24-15)14-4-9-18(27)23-11-6-13-25-12-5-10-19(25)28/h2-3,7-8H,4-6,9-14H2,1H3,(H,23,27). The summed E-state index contributed by atoms with van der Waals surface area (Å²) in [5.41, 5.74) is 0.746. The fourth-order valence-corrected chi connectivity index (χ4v) is 5.12. The number of nitrogens with zero attached hydrogens (tertiary/aromatic N) is 3. The Hall–Kier alpha value is -2.74. The highest BCUT2D eigenvalue weighted by Crippen LogP contribution is 2.32. The number of thiophene rings is 1. The van der Waals surface area contributed by atoms with Crippen LogP contribution in [0.2, 0.25) is 0 Å². The van der Waals surface area contributed by atoms with Gasteiger partial charge in [-0.3, -0.25) is 14.4 Å². The zero-order valence-corrected chi connectivity index (χ0v) is 18.0. The molecule has 0 atom stereocenters. The molecule has 0 radical (unpaired) electrons. The quantitative estimate of drug-likeness (QED) is 0.562. The zero-order valence-electron chi connectivity index (χ0n) is 17.1. The van der Waals surface area contributed by atoms with Gasteiger partial charge in [-0.2, -0.15) is 5.10 Å². The van der Waals surface area contributed by atoms with Gasteiger partial charge >= 0.3 is 0 Å². The fraction of sp³-hybridized carbons (Fsp3) is 0.455. The molecule has 1 fully saturated rings. The Morgan fingerprint density at radius 3 is 2.83 bits per heavy atom. The largest absolute Gasteiger partial charge is 0.356 e. The van der Waals surface area contributed by atoms with Gasteiger partial charge in [0.15, 0.2) is 0 Å². The average molecular weight is 427 g/mol. The highest BCUT2D eigenvalue weighted by molar-refractivity contribution is 7.26. The molecule has 7 nitrogen and oxygen atoms in total. The topological polar surface area (TPSA) is 84.3 Å². The molecule has 1 aromatic carbocycles. The molecule has 2 aromatic heterocycles. The number of likely N-dealkylation sites (tertiary alicyclic amines) is 1. The van der Waals surface area contributed by atoms with Crippen LogP contribution in [0.5, 0.6) is 0 Å². The minimum Gasteiger partial charge on any atom is -0.356 e. The van der Waals surface area contributed by atoms with E-state index in [0.717, 1.165) is 45.3 Å². The van der Waals surface area contributed by atoms with Crippen LogP contribution in [0, 0.1) is 6.92 Å². The number of hydrogen-bond donors (Lipinski definition) is 1. The lowest BCUT2D eigenvalue weighted by Crippen LogP contribution is -2.31. The lowest BCUT2D eigenvalue weighted by molar-refractivity contribution is -0.127. The van der Waals surface area contributed by atoms with Crippen molar-refractivity contribution in [1.82, 2.24) is 20.0 Å². The van der Waals surface area contributed by atoms with Gasteiger partial charge in [0.1, 0.15) is 0 Å². The van der Waals surface area contributed by atoms with Crippen molar-refractivity contribution in [2.24, 2.45) is 0 Å². The molecule has 1 aliphatic heterocycles. The molecule has 8 heteroatoms. The van der Waals surface area contributed by atoms with E-state index in [1.54, 1.807) is 11.3 Å². The smallest absolute Gasteiger partial charge is 0.276 e. The summed E-state index contributed by atoms with van der Waals surface area (Å²) in [5, 5.41) is 9.06. The molecule has 0 saturated carbocycles. The molecule has 3 heterocycles. The number of carbonyl (C=O) groups is 2. The minimum absolute atomic E-state index is 0.0328. The van der Waals surface area contributed by atoms with Crippen molar-refractivity contribution in [1.29, 1.82) is 0 Å². The van der Waals surface area contributed by atoms with Gasteiger partial charge in [-0.05, 0) is 32.3 Å². The Labute approximate surface area is 178 Å². The summed E-state index contributed by atoms with van der Waals surface area (Å²) in [6.45, 7) is 4.43. The van der Waals surface area contributed by atoms with Crippen LogP contribution in [0.25, 0.3) is 20.2 Å². The second-order valence-corrected chi connectivity index (χ2v) is 8.76. The van der Waals surface area contributed by atoms with Crippen molar-refractivity contribution < 1.29 is 9.59 Å². The molecular weight excluding hydrogens is 400 g/mol. The lowest BCUT2D eigenvalue weighted by Gasteiger charge is -2.15. The molecule has 0 spiro atoms. The highest BCUT2D eigenvalue weighted by Gasteiger charge is 2.19. The van der Waals surface area contributed by atoms with Crippen LogP contribution in [0.3, 0.4) is 0 Å². The monoisotopic (exact) mass is 426 g/mol. The first kappa shape index (κ1) is 20.5. The third kappa shape index (κ3) is 4.23. The molecule has 1 N–H and O–H groups in total. The number of carbonyl (C=O) groups excluding carboxylic acids is 2. The first-order valence-electron chi connectivity index (χ1n) is 10.5. The van der Waals surface area contributed by atoms with Gasteiger partial charge in [0.2, 0.25) is 11.8 Å². The molecule has 0 bridgehead atoms. The van der Waals surface area contributed by atoms with Crippen LogP contribution in [0.4, 0.5) is 0 Å². The van der Waals surface area contributed by atoms with Crippen LogP contribution in [0.15, 0.2) is 29.1 Å². The molecule has 0 unspecified atom stereocenters. The van der Waals surface area contributed by atoms with Gasteiger partial charge in [0, 0.05) is 49.1 Å². The van der Waals surface area contributed by atoms with Gasteiger partial charge in [-0.15, -0.1) is 11.3 Å². The maximum atomic E-state index is 13.0. The summed E-state index contributed by atoms with van der Waals surface area (Å²) in [4.78, 5) is 38.5. The summed E-state index contributed by atoms with van der Waals surface area (Å²) >= 11 is 1.60. The third-order valence-electron chi connectivity index (χ3n) is 5.52. The lowest BCUT2D eigenvalue weighted by atomic mass is 10.2. The molecule has 1 saturated heterocycles. The molecule has 2 amide bonds. The maximum absolute atomic E-state index is 13.0. The zero-order chi connectivity index (χ0) is 21.1. The Morgan fingerprint density at radius 1 is 1.20 bits per heavy atom. The summed E-state index contributed by atoms with van der Waals surface area (Å²) in [6, 6.07) is 7.91. The van der Waals surface area contributed by atoms with Crippen LogP contribution >= 0.6 is 11.3 Å². The molecule has 0 aliphatic carbocycles. The van der Waals surface area contributed by atoms with Crippen LogP contribution < -0.4 is 10.9 Å². The number of aromatic nitrogens is 2. The fourth-order valence-electron chi connectivity index (χ4n) is 3.98. The van der Waals surface area contributed by atoms with E-state index in [4.69, 9.17) is 0 Å². The van der Waals surface area contributed by atoms with Crippen molar-refractivity contribution in [3.8, 4) is 0 Å². The number of benzene rings is 1. The van der Waals surface area contributed by atoms with E-state index in [0.29, 0.717) is 38.9 Å². The predicted molar refractivity (Wildman–Crippen MR) is 119 cm³/mol. The van der Waals surface area contributed by atoms with E-state index in [2.05, 4.69) is 10.4 Å². The Kier molecular flexibility index (Phi) is 6.13. The van der Waals surface area contributed by atoms with Gasteiger partial charge in [0.05, 0.1) is 15.8 Å². The van der Waals surface area contributed by atoms with Gasteiger partial charge in [0.25, 0.3) is 5.56 Å². The van der Waals surface area contributed by atoms with Crippen molar-refractivity contribution in [2.45, 2.75) is 45.6 Å². The normalized spacial score (nSPS) is 14.2. The Balaban J connectivity index is 1.31. The summed E-state index contributed by atoms with van der Waals surface area (Å²) < 4.78 is 3.51. The van der Waals surface area contributed by atoms with Gasteiger partial charge < -0.3 is 10.2 Å². The summed E-state index contributed by atoms with van der Waals surface area (Å²) in [7, 11) is 0. The van der Waals surface area contributed by atoms with E-state index in [1.165, 1.54) is 4.68 Å². The number of fused-ring (bicyclic) bond motifs is 3. The SMILES string of the molecule is Cc1nn(CCCC(=O)NCCCN2CCCC2=O)c(=O)c2c1sc1ccccc12. The molecule has 30 heavy (non-hydrogen) atoms. The molecule has 1 aliphatic rings. The Morgan fingerprint density at radius 2 is 2.03 bits per heavy atom. The number of amides is 2. The summed E-state index contributed by atoms with van der Waals surface area (Å²) in [6.07, 6.45) is 3.24. The van der Waals surface area contributed by atoms with E-state index in [-0.39, 0.29) is 17.4 Å². The van der Waals surface area contributed by atoms with Crippen molar-refractivity contribution in [3.05, 3.63) is 40.3 Å². The van der Waals surface area contributed by atoms with Crippen LogP contribution in [0.1, 0.15) is 37.8 Å². The average Bonchev–Trinajstić information content (AvgIpc) is 3.33. The Bertz CT molecular complexity index is 1150. The van der Waals surface area contributed by atoms with Crippen molar-refractivity contribution >= 4 is 43.3 Å². The van der Waals surface area contributed by atoms with Crippen LogP contribution in [-0.4, -0.2) is 46.1 Å². The predicted octanol–water partition coefficient (Wildman–Crippen LogP) is 2.83. The highest BCUT2D eigenvalue weighted by atomic mass is 32.1. The summed E-state index contributed by atoms with van der Waals surface area (Å²) in [5.74, 6) is 0.180.